The third-order valence-electron chi connectivity index (χ3n) is 4.32. The molecule has 8 heteroatoms. The van der Waals surface area contributed by atoms with E-state index in [0.717, 1.165) is 15.2 Å². The summed E-state index contributed by atoms with van der Waals surface area (Å²) >= 11 is 1.59. The topological polar surface area (TPSA) is 88.9 Å². The molecule has 146 valence electrons. The maximum atomic E-state index is 12.6. The molecule has 4 rings (SSSR count). The molecule has 2 N–H and O–H groups in total. The van der Waals surface area contributed by atoms with Gasteiger partial charge in [-0.05, 0) is 43.3 Å². The van der Waals surface area contributed by atoms with E-state index in [4.69, 9.17) is 0 Å². The average molecular weight is 405 g/mol. The number of nitrogens with one attached hydrogen (secondary N) is 2. The minimum absolute atomic E-state index is 0.123. The summed E-state index contributed by atoms with van der Waals surface area (Å²) in [5, 5.41) is 6.72. The molecule has 0 spiro atoms. The van der Waals surface area contributed by atoms with E-state index in [1.165, 1.54) is 0 Å². The number of nitrogens with zero attached hydrogens (tertiary/aromatic N) is 3. The van der Waals surface area contributed by atoms with E-state index >= 15 is 0 Å². The molecule has 7 nitrogen and oxygen atoms in total. The number of aryl methyl sites for hydroxylation is 2. The van der Waals surface area contributed by atoms with Gasteiger partial charge in [0.1, 0.15) is 0 Å². The summed E-state index contributed by atoms with van der Waals surface area (Å²) in [5.74, 6) is -0.359. The van der Waals surface area contributed by atoms with Crippen LogP contribution >= 0.6 is 11.3 Å². The van der Waals surface area contributed by atoms with Gasteiger partial charge in [-0.15, -0.1) is 11.3 Å². The van der Waals surface area contributed by atoms with Crippen molar-refractivity contribution in [2.75, 3.05) is 10.6 Å². The van der Waals surface area contributed by atoms with Crippen LogP contribution in [-0.2, 0) is 11.3 Å². The molecule has 0 saturated heterocycles. The third kappa shape index (κ3) is 4.67. The van der Waals surface area contributed by atoms with Gasteiger partial charge in [-0.25, -0.2) is 9.97 Å². The summed E-state index contributed by atoms with van der Waals surface area (Å²) in [6.45, 7) is 2.50. The summed E-state index contributed by atoms with van der Waals surface area (Å²) in [4.78, 5) is 33.2. The molecular weight excluding hydrogens is 386 g/mol. The highest BCUT2D eigenvalue weighted by Crippen LogP contribution is 2.25. The molecular formula is C21H19N5O2S. The van der Waals surface area contributed by atoms with E-state index in [9.17, 15) is 9.59 Å². The van der Waals surface area contributed by atoms with Gasteiger partial charge in [0.25, 0.3) is 5.91 Å². The SMILES string of the molecule is Cc1nc2ccc(NC(=O)c3cccc(NC(=O)CCn4ccnc4)c3)cc2s1. The van der Waals surface area contributed by atoms with Crippen LogP contribution in [0.25, 0.3) is 10.2 Å². The molecule has 0 atom stereocenters. The minimum atomic E-state index is -0.236. The fraction of sp³-hybridized carbons (Fsp3) is 0.143. The lowest BCUT2D eigenvalue weighted by molar-refractivity contribution is -0.116. The van der Waals surface area contributed by atoms with Crippen molar-refractivity contribution < 1.29 is 9.59 Å². The minimum Gasteiger partial charge on any atom is -0.337 e. The van der Waals surface area contributed by atoms with Crippen molar-refractivity contribution >= 4 is 44.7 Å². The van der Waals surface area contributed by atoms with Gasteiger partial charge >= 0.3 is 0 Å². The molecule has 0 unspecified atom stereocenters. The molecule has 0 bridgehead atoms. The zero-order valence-corrected chi connectivity index (χ0v) is 16.6. The lowest BCUT2D eigenvalue weighted by Crippen LogP contribution is -2.15. The Morgan fingerprint density at radius 1 is 1.10 bits per heavy atom. The van der Waals surface area contributed by atoms with E-state index in [0.29, 0.717) is 29.9 Å². The van der Waals surface area contributed by atoms with Crippen LogP contribution in [0.2, 0.25) is 0 Å². The smallest absolute Gasteiger partial charge is 0.255 e. The Bertz CT molecular complexity index is 1170. The van der Waals surface area contributed by atoms with Crippen molar-refractivity contribution in [3.63, 3.8) is 0 Å². The molecule has 0 radical (unpaired) electrons. The van der Waals surface area contributed by atoms with Gasteiger partial charge < -0.3 is 15.2 Å². The second-order valence-corrected chi connectivity index (χ2v) is 7.78. The van der Waals surface area contributed by atoms with Crippen molar-refractivity contribution in [2.24, 2.45) is 0 Å². The monoisotopic (exact) mass is 405 g/mol. The summed E-state index contributed by atoms with van der Waals surface area (Å²) in [7, 11) is 0. The lowest BCUT2D eigenvalue weighted by atomic mass is 10.1. The second-order valence-electron chi connectivity index (χ2n) is 6.55. The molecule has 0 saturated carbocycles. The van der Waals surface area contributed by atoms with E-state index < -0.39 is 0 Å². The number of carbonyl (C=O) groups is 2. The Kier molecular flexibility index (Phi) is 5.35. The number of benzene rings is 2. The van der Waals surface area contributed by atoms with Gasteiger partial charge in [0.15, 0.2) is 0 Å². The summed E-state index contributed by atoms with van der Waals surface area (Å²) in [6, 6.07) is 12.5. The highest BCUT2D eigenvalue weighted by atomic mass is 32.1. The number of rotatable bonds is 6. The van der Waals surface area contributed by atoms with Gasteiger partial charge in [0.2, 0.25) is 5.91 Å². The normalized spacial score (nSPS) is 10.8. The van der Waals surface area contributed by atoms with Crippen molar-refractivity contribution in [1.29, 1.82) is 0 Å². The summed E-state index contributed by atoms with van der Waals surface area (Å²) in [5.41, 5.74) is 2.69. The first kappa shape index (κ1) is 18.8. The molecule has 0 aliphatic heterocycles. The number of imidazole rings is 1. The van der Waals surface area contributed by atoms with Crippen LogP contribution in [0.5, 0.6) is 0 Å². The van der Waals surface area contributed by atoms with Crippen LogP contribution in [0.15, 0.2) is 61.2 Å². The number of aromatic nitrogens is 3. The highest BCUT2D eigenvalue weighted by molar-refractivity contribution is 7.18. The first-order chi connectivity index (χ1) is 14.1. The fourth-order valence-electron chi connectivity index (χ4n) is 2.93. The molecule has 0 aliphatic rings. The van der Waals surface area contributed by atoms with Crippen LogP contribution < -0.4 is 10.6 Å². The maximum absolute atomic E-state index is 12.6. The molecule has 2 aromatic carbocycles. The Morgan fingerprint density at radius 2 is 1.97 bits per heavy atom. The van der Waals surface area contributed by atoms with Crippen LogP contribution in [0.1, 0.15) is 21.8 Å². The fourth-order valence-corrected chi connectivity index (χ4v) is 3.80. The third-order valence-corrected chi connectivity index (χ3v) is 5.25. The van der Waals surface area contributed by atoms with E-state index in [-0.39, 0.29) is 11.8 Å². The molecule has 0 aliphatic carbocycles. The number of anilines is 2. The predicted octanol–water partition coefficient (Wildman–Crippen LogP) is 4.08. The molecule has 2 amide bonds. The highest BCUT2D eigenvalue weighted by Gasteiger charge is 2.10. The van der Waals surface area contributed by atoms with E-state index in [2.05, 4.69) is 20.6 Å². The van der Waals surface area contributed by atoms with Gasteiger partial charge in [-0.3, -0.25) is 9.59 Å². The summed E-state index contributed by atoms with van der Waals surface area (Å²) in [6.07, 6.45) is 5.47. The van der Waals surface area contributed by atoms with Crippen LogP contribution in [0.3, 0.4) is 0 Å². The average Bonchev–Trinajstić information content (AvgIpc) is 3.35. The Balaban J connectivity index is 1.40. The standard InChI is InChI=1S/C21H19N5O2S/c1-14-23-18-6-5-17(12-19(18)29-14)25-21(28)15-3-2-4-16(11-15)24-20(27)7-9-26-10-8-22-13-26/h2-6,8,10-13H,7,9H2,1H3,(H,24,27)(H,25,28). The van der Waals surface area contributed by atoms with Crippen molar-refractivity contribution in [2.45, 2.75) is 19.9 Å². The quantitative estimate of drug-likeness (QED) is 0.506. The molecule has 0 fully saturated rings. The van der Waals surface area contributed by atoms with Crippen LogP contribution in [-0.4, -0.2) is 26.3 Å². The Morgan fingerprint density at radius 3 is 2.79 bits per heavy atom. The lowest BCUT2D eigenvalue weighted by Gasteiger charge is -2.09. The second kappa shape index (κ2) is 8.24. The largest absolute Gasteiger partial charge is 0.337 e. The number of thiazole rings is 1. The zero-order chi connectivity index (χ0) is 20.2. The van der Waals surface area contributed by atoms with Crippen molar-refractivity contribution in [3.05, 3.63) is 71.8 Å². The van der Waals surface area contributed by atoms with Gasteiger partial charge in [0, 0.05) is 42.3 Å². The molecule has 4 aromatic rings. The molecule has 29 heavy (non-hydrogen) atoms. The molecule has 2 heterocycles. The Labute approximate surface area is 171 Å². The first-order valence-electron chi connectivity index (χ1n) is 9.11. The zero-order valence-electron chi connectivity index (χ0n) is 15.8. The number of carbonyl (C=O) groups excluding carboxylic acids is 2. The number of amides is 2. The van der Waals surface area contributed by atoms with Gasteiger partial charge in [-0.1, -0.05) is 6.07 Å². The van der Waals surface area contributed by atoms with E-state index in [1.807, 2.05) is 35.9 Å². The summed E-state index contributed by atoms with van der Waals surface area (Å²) < 4.78 is 2.87. The van der Waals surface area contributed by atoms with Gasteiger partial charge in [-0.2, -0.15) is 0 Å². The Hall–Kier alpha value is -3.52. The number of hydrogen-bond donors (Lipinski definition) is 2. The van der Waals surface area contributed by atoms with Crippen molar-refractivity contribution in [1.82, 2.24) is 14.5 Å². The molecule has 2 aromatic heterocycles. The maximum Gasteiger partial charge on any atom is 0.255 e. The van der Waals surface area contributed by atoms with E-state index in [1.54, 1.807) is 48.1 Å². The number of hydrogen-bond acceptors (Lipinski definition) is 5. The predicted molar refractivity (Wildman–Crippen MR) is 114 cm³/mol. The number of fused-ring (bicyclic) bond motifs is 1. The van der Waals surface area contributed by atoms with Gasteiger partial charge in [0.05, 0.1) is 21.6 Å². The van der Waals surface area contributed by atoms with Crippen molar-refractivity contribution in [3.8, 4) is 0 Å². The van der Waals surface area contributed by atoms with Crippen LogP contribution in [0, 0.1) is 6.92 Å². The van der Waals surface area contributed by atoms with Crippen LogP contribution in [0.4, 0.5) is 11.4 Å². The first-order valence-corrected chi connectivity index (χ1v) is 9.93.